The van der Waals surface area contributed by atoms with Crippen LogP contribution in [-0.4, -0.2) is 236 Å². The van der Waals surface area contributed by atoms with E-state index in [1.165, 1.54) is 22.3 Å². The van der Waals surface area contributed by atoms with Crippen LogP contribution < -0.4 is 28.7 Å². The van der Waals surface area contributed by atoms with Crippen LogP contribution in [0.2, 0.25) is 10.0 Å². The Kier molecular flexibility index (Phi) is 22.3. The van der Waals surface area contributed by atoms with Gasteiger partial charge < -0.3 is 38.2 Å². The first-order valence-electron chi connectivity index (χ1n) is 39.4. The number of rotatable bonds is 7. The summed E-state index contributed by atoms with van der Waals surface area (Å²) in [5.41, 5.74) is 5.32. The molecule has 6 fully saturated rings. The Morgan fingerprint density at radius 2 is 1.12 bits per heavy atom. The summed E-state index contributed by atoms with van der Waals surface area (Å²) in [6.07, 6.45) is 21.0. The molecule has 16 rings (SSSR count). The number of ether oxygens (including phenoxy) is 6. The summed E-state index contributed by atoms with van der Waals surface area (Å²) in [4.78, 5) is 47.8. The van der Waals surface area contributed by atoms with Crippen molar-refractivity contribution in [2.24, 2.45) is 35.5 Å². The van der Waals surface area contributed by atoms with Crippen LogP contribution in [0.25, 0.3) is 0 Å². The molecule has 15 atom stereocenters. The van der Waals surface area contributed by atoms with E-state index < -0.39 is 36.5 Å². The minimum absolute atomic E-state index is 0.0118. The summed E-state index contributed by atoms with van der Waals surface area (Å²) < 4.78 is 72.1. The van der Waals surface area contributed by atoms with Crippen molar-refractivity contribution in [3.63, 3.8) is 0 Å². The predicted octanol–water partition coefficient (Wildman–Crippen LogP) is 10.6. The molecule has 19 nitrogen and oxygen atoms in total. The van der Waals surface area contributed by atoms with Gasteiger partial charge in [-0.1, -0.05) is 73.5 Å². The van der Waals surface area contributed by atoms with E-state index in [9.17, 15) is 18.0 Å². The van der Waals surface area contributed by atoms with Crippen LogP contribution in [0.4, 0.5) is 11.5 Å². The van der Waals surface area contributed by atoms with E-state index >= 15 is 0 Å². The number of piperazine rings is 2. The molecule has 2 saturated carbocycles. The van der Waals surface area contributed by atoms with E-state index in [0.29, 0.717) is 79.6 Å². The van der Waals surface area contributed by atoms with Crippen molar-refractivity contribution in [2.45, 2.75) is 149 Å². The van der Waals surface area contributed by atoms with Crippen molar-refractivity contribution in [3.8, 4) is 11.5 Å². The lowest BCUT2D eigenvalue weighted by Crippen LogP contribution is -2.62. The Morgan fingerprint density at radius 3 is 1.69 bits per heavy atom. The Labute approximate surface area is 640 Å². The van der Waals surface area contributed by atoms with Crippen LogP contribution in [0, 0.1) is 35.5 Å². The molecule has 0 radical (unpaired) electrons. The summed E-state index contributed by atoms with van der Waals surface area (Å²) in [6.45, 7) is 25.2. The topological polar surface area (TPSA) is 180 Å². The summed E-state index contributed by atoms with van der Waals surface area (Å²) in [5, 5.41) is 0.827. The molecule has 106 heavy (non-hydrogen) atoms. The second-order valence-electron chi connectivity index (χ2n) is 33.6. The highest BCUT2D eigenvalue weighted by Gasteiger charge is 2.53. The number of fused-ring (bicyclic) bond motifs is 9. The van der Waals surface area contributed by atoms with E-state index in [0.717, 1.165) is 197 Å². The fourth-order valence-corrected chi connectivity index (χ4v) is 23.4. The molecule has 576 valence electrons. The average molecular weight is 1530 g/mol. The first kappa shape index (κ1) is 76.1. The number of amides is 2. The predicted molar refractivity (Wildman–Crippen MR) is 426 cm³/mol. The van der Waals surface area contributed by atoms with Gasteiger partial charge in [-0.3, -0.25) is 38.6 Å². The molecule has 8 aliphatic heterocycles. The SMILES string of the molecule is C=S1(=O)NC(=O)c2ccc3c(c2)N(C[C@@H]2CC[C@H]2[C@@](CN2CCN4CCOC[C@@H]4C2)(OC)/C=C/C[C@H](C)[C@H]1C)C[C@@]1(CCCc2cc(Cl)ccc21)CO3.C=S1(=O)NC(=O)c2ccc3c(n2)N(C[C@@H]2CC[C@H]2[C@@](CN2CCN(C4COC4)CC2)(OC)/C=C/C[C@H](C)[C@H]1C)C[C@@]1(CCCc2cc(Cl)ccc21)CO3. The highest BCUT2D eigenvalue weighted by atomic mass is 35.5. The fourth-order valence-electron chi connectivity index (χ4n) is 20.0. The third-order valence-electron chi connectivity index (χ3n) is 27.3. The van der Waals surface area contributed by atoms with Gasteiger partial charge in [0.25, 0.3) is 11.8 Å². The minimum atomic E-state index is -2.99. The molecule has 4 bridgehead atoms. The molecule has 23 heteroatoms. The molecule has 9 heterocycles. The number of anilines is 2. The zero-order valence-corrected chi connectivity index (χ0v) is 66.4. The Hall–Kier alpha value is -5.27. The number of halogens is 2. The largest absolute Gasteiger partial charge is 0.490 e. The number of aryl methyl sites for hydroxylation is 2. The molecule has 2 N–H and O–H groups in total. The van der Waals surface area contributed by atoms with Gasteiger partial charge in [0.2, 0.25) is 0 Å². The van der Waals surface area contributed by atoms with Gasteiger partial charge in [0.15, 0.2) is 11.6 Å². The van der Waals surface area contributed by atoms with Gasteiger partial charge in [-0.05, 0) is 215 Å². The number of nitrogens with one attached hydrogen (secondary N) is 2. The molecule has 3 aromatic carbocycles. The number of methoxy groups -OCH3 is 2. The number of nitrogens with zero attached hydrogens (tertiary/aromatic N) is 7. The second-order valence-corrected chi connectivity index (χ2v) is 39.2. The summed E-state index contributed by atoms with van der Waals surface area (Å²) in [5.74, 6) is 10.7. The van der Waals surface area contributed by atoms with Gasteiger partial charge in [-0.2, -0.15) is 0 Å². The van der Waals surface area contributed by atoms with Gasteiger partial charge in [0.1, 0.15) is 22.6 Å². The number of hydrogen-bond donors (Lipinski definition) is 2. The van der Waals surface area contributed by atoms with Crippen LogP contribution in [0.5, 0.6) is 11.5 Å². The van der Waals surface area contributed by atoms with Crippen molar-refractivity contribution in [1.82, 2.24) is 34.0 Å². The number of morpholine rings is 1. The molecule has 4 saturated heterocycles. The molecular weight excluding hydrogens is 1420 g/mol. The van der Waals surface area contributed by atoms with Crippen molar-refractivity contribution in [3.05, 3.63) is 135 Å². The molecule has 12 aliphatic rings. The van der Waals surface area contributed by atoms with Gasteiger partial charge in [-0.25, -0.2) is 13.4 Å². The molecule has 2 unspecified atom stereocenters. The first-order chi connectivity index (χ1) is 51.0. The number of carbonyl (C=O) groups excluding carboxylic acids is 2. The second kappa shape index (κ2) is 31.1. The van der Waals surface area contributed by atoms with Gasteiger partial charge in [-0.15, -0.1) is 0 Å². The molecule has 2 spiro atoms. The smallest absolute Gasteiger partial charge is 0.281 e. The lowest BCUT2D eigenvalue weighted by molar-refractivity contribution is -0.108. The van der Waals surface area contributed by atoms with Crippen molar-refractivity contribution < 1.29 is 46.4 Å². The third-order valence-corrected chi connectivity index (χ3v) is 32.2. The lowest BCUT2D eigenvalue weighted by atomic mass is 9.63. The molecule has 1 aromatic heterocycles. The summed E-state index contributed by atoms with van der Waals surface area (Å²) in [7, 11) is -2.18. The summed E-state index contributed by atoms with van der Waals surface area (Å²) in [6, 6.07) is 22.9. The van der Waals surface area contributed by atoms with Crippen LogP contribution in [0.3, 0.4) is 0 Å². The average Bonchev–Trinajstić information content (AvgIpc) is 1.56. The van der Waals surface area contributed by atoms with Crippen LogP contribution in [-0.2, 0) is 62.0 Å². The zero-order chi connectivity index (χ0) is 73.9. The Bertz CT molecular complexity index is 4190. The van der Waals surface area contributed by atoms with Crippen LogP contribution in [0.1, 0.15) is 135 Å². The number of aromatic nitrogens is 1. The van der Waals surface area contributed by atoms with Crippen LogP contribution >= 0.6 is 23.2 Å². The maximum atomic E-state index is 14.1. The standard InChI is InChI=1S/C42H57ClN4O5S.C41H56ClN5O5S/c1-29-7-5-16-42(50-3,27-45-17-18-46-19-20-51-25-35(46)24-45)37-12-9-33(37)23-47-26-41(15-6-8-31-21-34(43)11-13-36(31)41)28-52-39-14-10-32(22-38(39)47)40(48)44-53(4,49)30(29)2;1-28-7-5-16-41(50-3,26-45-17-19-46(20-18-45)33-23-51-24-33)35-11-9-31(35)22-47-25-40(15-6-8-30-21-32(42)10-12-34(30)40)27-52-37-14-13-36(43-38(37)47)39(48)44-53(4,49)29(28)2/h5,10-11,13-14,16,21-22,29-30,33,35,37H,4,6-9,12,15,17-20,23-28H2,1-3H3,(H,44,48,49);5,10,12-14,16,21,28-29,31,33,35H,4,6-9,11,15,17-20,22-27H2,1-3H3,(H,44,48,49)/b2*16-5+/t29-,30+,33-,35-,37+,41-,42+,53?;28-,29+,31-,35+,40-,41+,53?/m00/s1. The van der Waals surface area contributed by atoms with Crippen molar-refractivity contribution in [1.29, 1.82) is 0 Å². The minimum Gasteiger partial charge on any atom is -0.490 e. The lowest BCUT2D eigenvalue weighted by Gasteiger charge is -2.53. The van der Waals surface area contributed by atoms with Crippen molar-refractivity contribution >= 4 is 77.7 Å². The van der Waals surface area contributed by atoms with Crippen molar-refractivity contribution in [2.75, 3.05) is 155 Å². The third kappa shape index (κ3) is 15.2. The van der Waals surface area contributed by atoms with Gasteiger partial charge >= 0.3 is 0 Å². The normalized spacial score (nSPS) is 36.7. The van der Waals surface area contributed by atoms with Gasteiger partial charge in [0.05, 0.1) is 70.8 Å². The number of hydrogen-bond acceptors (Lipinski definition) is 17. The van der Waals surface area contributed by atoms with E-state index in [1.807, 2.05) is 58.4 Å². The molecule has 4 aliphatic carbocycles. The summed E-state index contributed by atoms with van der Waals surface area (Å²) >= 11 is 13.0. The number of allylic oxidation sites excluding steroid dienone is 2. The van der Waals surface area contributed by atoms with Gasteiger partial charge in [0, 0.05) is 149 Å². The van der Waals surface area contributed by atoms with E-state index in [2.05, 4.69) is 113 Å². The monoisotopic (exact) mass is 1530 g/mol. The molecule has 4 aromatic rings. The molecule has 2 amide bonds. The number of benzene rings is 3. The van der Waals surface area contributed by atoms with E-state index in [1.54, 1.807) is 12.1 Å². The zero-order valence-electron chi connectivity index (χ0n) is 63.3. The quantitative estimate of drug-likeness (QED) is 0.132. The van der Waals surface area contributed by atoms with E-state index in [4.69, 9.17) is 56.6 Å². The highest BCUT2D eigenvalue weighted by molar-refractivity contribution is 7.99. The van der Waals surface area contributed by atoms with E-state index in [-0.39, 0.29) is 50.7 Å². The Balaban J connectivity index is 0.000000170. The first-order valence-corrected chi connectivity index (χ1v) is 43.7. The Morgan fingerprint density at radius 1 is 0.594 bits per heavy atom. The van der Waals surface area contributed by atoms with Crippen LogP contribution in [0.15, 0.2) is 91.0 Å². The fraction of sp³-hybridized carbons (Fsp3) is 0.627. The number of carbonyl (C=O) groups is 2. The maximum absolute atomic E-state index is 14.1. The maximum Gasteiger partial charge on any atom is 0.281 e. The highest BCUT2D eigenvalue weighted by Crippen LogP contribution is 2.52. The molecular formula is C83H113Cl2N9O10S2. The number of pyridine rings is 1.